The third-order valence-corrected chi connectivity index (χ3v) is 6.20. The first-order valence-electron chi connectivity index (χ1n) is 9.81. The van der Waals surface area contributed by atoms with Crippen LogP contribution in [-0.2, 0) is 28.8 Å². The minimum atomic E-state index is -0.436. The largest absolute Gasteiger partial charge is 0.465 e. The molecule has 5 heteroatoms. The van der Waals surface area contributed by atoms with E-state index in [1.165, 1.54) is 42.4 Å². The van der Waals surface area contributed by atoms with Crippen LogP contribution in [0.1, 0.15) is 39.9 Å². The Kier molecular flexibility index (Phi) is 5.76. The van der Waals surface area contributed by atoms with Gasteiger partial charge in [-0.2, -0.15) is 0 Å². The Morgan fingerprint density at radius 1 is 1.03 bits per heavy atom. The van der Waals surface area contributed by atoms with Crippen molar-refractivity contribution in [2.24, 2.45) is 0 Å². The number of carbonyl (C=O) groups excluding carboxylic acids is 2. The summed E-state index contributed by atoms with van der Waals surface area (Å²) in [5.74, 6) is -0.589. The van der Waals surface area contributed by atoms with Crippen LogP contribution >= 0.6 is 11.3 Å². The molecule has 0 saturated heterocycles. The van der Waals surface area contributed by atoms with E-state index in [4.69, 9.17) is 4.74 Å². The number of amides is 1. The van der Waals surface area contributed by atoms with Crippen molar-refractivity contribution in [3.63, 3.8) is 0 Å². The molecule has 4 nitrogen and oxygen atoms in total. The molecule has 2 aromatic carbocycles. The van der Waals surface area contributed by atoms with E-state index in [0.29, 0.717) is 10.6 Å². The van der Waals surface area contributed by atoms with Crippen LogP contribution in [0.25, 0.3) is 11.1 Å². The molecule has 0 radical (unpaired) electrons. The number of thiophene rings is 1. The molecule has 1 aromatic heterocycles. The lowest BCUT2D eigenvalue weighted by Gasteiger charge is -2.16. The Morgan fingerprint density at radius 3 is 2.55 bits per heavy atom. The summed E-state index contributed by atoms with van der Waals surface area (Å²) in [5, 5.41) is 5.36. The molecule has 1 heterocycles. The molecule has 1 aliphatic rings. The van der Waals surface area contributed by atoms with Crippen LogP contribution in [0.3, 0.4) is 0 Å². The molecule has 1 N–H and O–H groups in total. The number of nitrogens with one attached hydrogen (secondary N) is 1. The lowest BCUT2D eigenvalue weighted by atomic mass is 9.89. The molecule has 0 saturated carbocycles. The smallest absolute Gasteiger partial charge is 0.341 e. The fourth-order valence-electron chi connectivity index (χ4n) is 3.82. The average Bonchev–Trinajstić information content (AvgIpc) is 3.16. The van der Waals surface area contributed by atoms with Crippen LogP contribution in [-0.4, -0.2) is 19.0 Å². The zero-order valence-corrected chi connectivity index (χ0v) is 17.2. The summed E-state index contributed by atoms with van der Waals surface area (Å²) in [7, 11) is 1.37. The average molecular weight is 406 g/mol. The highest BCUT2D eigenvalue weighted by atomic mass is 32.1. The predicted octanol–water partition coefficient (Wildman–Crippen LogP) is 5.26. The zero-order chi connectivity index (χ0) is 20.2. The van der Waals surface area contributed by atoms with Gasteiger partial charge in [0.25, 0.3) is 0 Å². The molecular weight excluding hydrogens is 382 g/mol. The second kappa shape index (κ2) is 8.62. The molecule has 1 aliphatic carbocycles. The first-order valence-corrected chi connectivity index (χ1v) is 10.7. The highest BCUT2D eigenvalue weighted by Gasteiger charge is 2.23. The molecule has 3 aromatic rings. The van der Waals surface area contributed by atoms with Crippen LogP contribution in [0.2, 0.25) is 0 Å². The number of ether oxygens (including phenoxy) is 1. The molecule has 1 amide bonds. The van der Waals surface area contributed by atoms with Gasteiger partial charge in [0.1, 0.15) is 10.6 Å². The summed E-state index contributed by atoms with van der Waals surface area (Å²) >= 11 is 1.36. The normalized spacial score (nSPS) is 12.9. The highest BCUT2D eigenvalue weighted by molar-refractivity contribution is 7.15. The van der Waals surface area contributed by atoms with E-state index >= 15 is 0 Å². The topological polar surface area (TPSA) is 55.4 Å². The molecule has 0 aliphatic heterocycles. The zero-order valence-electron chi connectivity index (χ0n) is 16.4. The van der Waals surface area contributed by atoms with Crippen molar-refractivity contribution in [3.05, 3.63) is 76.2 Å². The van der Waals surface area contributed by atoms with E-state index in [2.05, 4.69) is 23.5 Å². The van der Waals surface area contributed by atoms with Crippen LogP contribution in [0.15, 0.2) is 53.9 Å². The minimum absolute atomic E-state index is 0.153. The molecule has 0 spiro atoms. The molecule has 29 heavy (non-hydrogen) atoms. The number of hydrogen-bond donors (Lipinski definition) is 1. The van der Waals surface area contributed by atoms with Crippen molar-refractivity contribution >= 4 is 28.2 Å². The first-order chi connectivity index (χ1) is 14.2. The number of hydrogen-bond acceptors (Lipinski definition) is 4. The second-order valence-corrected chi connectivity index (χ2v) is 8.13. The molecule has 0 bridgehead atoms. The van der Waals surface area contributed by atoms with Crippen molar-refractivity contribution in [2.75, 3.05) is 12.4 Å². The predicted molar refractivity (Wildman–Crippen MR) is 117 cm³/mol. The van der Waals surface area contributed by atoms with Crippen molar-refractivity contribution in [1.29, 1.82) is 0 Å². The SMILES string of the molecule is COC(=O)c1c(-c2ccc3c(c2)CCCC3)csc1NC(=O)Cc1ccccc1. The summed E-state index contributed by atoms with van der Waals surface area (Å²) in [6, 6.07) is 16.0. The number of methoxy groups -OCH3 is 1. The van der Waals surface area contributed by atoms with Gasteiger partial charge in [0.15, 0.2) is 0 Å². The number of carbonyl (C=O) groups is 2. The summed E-state index contributed by atoms with van der Waals surface area (Å²) < 4.78 is 5.03. The Morgan fingerprint density at radius 2 is 1.79 bits per heavy atom. The minimum Gasteiger partial charge on any atom is -0.465 e. The van der Waals surface area contributed by atoms with Crippen LogP contribution in [0, 0.1) is 0 Å². The van der Waals surface area contributed by atoms with Gasteiger partial charge in [-0.3, -0.25) is 4.79 Å². The van der Waals surface area contributed by atoms with Gasteiger partial charge in [-0.05, 0) is 47.9 Å². The monoisotopic (exact) mass is 405 g/mol. The number of aryl methyl sites for hydroxylation is 2. The molecule has 0 unspecified atom stereocenters. The maximum atomic E-state index is 12.6. The van der Waals surface area contributed by atoms with Crippen molar-refractivity contribution in [3.8, 4) is 11.1 Å². The van der Waals surface area contributed by atoms with Crippen molar-refractivity contribution in [1.82, 2.24) is 0 Å². The summed E-state index contributed by atoms with van der Waals surface area (Å²) in [5.41, 5.74) is 5.90. The van der Waals surface area contributed by atoms with Crippen LogP contribution < -0.4 is 5.32 Å². The summed E-state index contributed by atoms with van der Waals surface area (Å²) in [6.07, 6.45) is 4.87. The van der Waals surface area contributed by atoms with E-state index in [1.54, 1.807) is 0 Å². The molecule has 0 atom stereocenters. The van der Waals surface area contributed by atoms with Gasteiger partial charge in [0.05, 0.1) is 13.5 Å². The van der Waals surface area contributed by atoms with E-state index in [1.807, 2.05) is 35.7 Å². The Balaban J connectivity index is 1.63. The maximum Gasteiger partial charge on any atom is 0.341 e. The van der Waals surface area contributed by atoms with Gasteiger partial charge in [-0.25, -0.2) is 4.79 Å². The van der Waals surface area contributed by atoms with Crippen molar-refractivity contribution in [2.45, 2.75) is 32.1 Å². The number of benzene rings is 2. The lowest BCUT2D eigenvalue weighted by Crippen LogP contribution is -2.16. The van der Waals surface area contributed by atoms with E-state index in [9.17, 15) is 9.59 Å². The number of anilines is 1. The Hall–Kier alpha value is -2.92. The van der Waals surface area contributed by atoms with Gasteiger partial charge in [-0.15, -0.1) is 11.3 Å². The standard InChI is InChI=1S/C24H23NO3S/c1-28-24(27)22-20(19-12-11-17-9-5-6-10-18(17)14-19)15-29-23(22)25-21(26)13-16-7-3-2-4-8-16/h2-4,7-8,11-12,14-15H,5-6,9-10,13H2,1H3,(H,25,26). The van der Waals surface area contributed by atoms with Gasteiger partial charge < -0.3 is 10.1 Å². The third kappa shape index (κ3) is 4.25. The number of rotatable bonds is 5. The van der Waals surface area contributed by atoms with Crippen molar-refractivity contribution < 1.29 is 14.3 Å². The van der Waals surface area contributed by atoms with E-state index < -0.39 is 5.97 Å². The molecule has 0 fully saturated rings. The molecule has 4 rings (SSSR count). The fraction of sp³-hybridized carbons (Fsp3) is 0.250. The first kappa shape index (κ1) is 19.4. The molecule has 148 valence electrons. The van der Waals surface area contributed by atoms with E-state index in [-0.39, 0.29) is 12.3 Å². The van der Waals surface area contributed by atoms with Gasteiger partial charge in [0, 0.05) is 10.9 Å². The van der Waals surface area contributed by atoms with E-state index in [0.717, 1.165) is 29.5 Å². The Bertz CT molecular complexity index is 1040. The summed E-state index contributed by atoms with van der Waals surface area (Å²) in [4.78, 5) is 25.1. The second-order valence-electron chi connectivity index (χ2n) is 7.25. The van der Waals surface area contributed by atoms with Crippen LogP contribution in [0.4, 0.5) is 5.00 Å². The number of fused-ring (bicyclic) bond motifs is 1. The maximum absolute atomic E-state index is 12.6. The van der Waals surface area contributed by atoms with Gasteiger partial charge in [-0.1, -0.05) is 48.5 Å². The highest BCUT2D eigenvalue weighted by Crippen LogP contribution is 2.37. The van der Waals surface area contributed by atoms with Gasteiger partial charge in [0.2, 0.25) is 5.91 Å². The third-order valence-electron chi connectivity index (χ3n) is 5.30. The summed E-state index contributed by atoms with van der Waals surface area (Å²) in [6.45, 7) is 0. The lowest BCUT2D eigenvalue weighted by molar-refractivity contribution is -0.115. The quantitative estimate of drug-likeness (QED) is 0.589. The van der Waals surface area contributed by atoms with Crippen LogP contribution in [0.5, 0.6) is 0 Å². The Labute approximate surface area is 174 Å². The molecular formula is C24H23NO3S. The fourth-order valence-corrected chi connectivity index (χ4v) is 4.79. The van der Waals surface area contributed by atoms with Gasteiger partial charge >= 0.3 is 5.97 Å². The number of esters is 1.